The number of rotatable bonds is 5. The number of nitrogens with zero attached hydrogens (tertiary/aromatic N) is 4. The molecule has 0 radical (unpaired) electrons. The largest absolute Gasteiger partial charge is 0.490 e. The van der Waals surface area contributed by atoms with Gasteiger partial charge in [-0.25, -0.2) is 4.68 Å². The summed E-state index contributed by atoms with van der Waals surface area (Å²) < 4.78 is 7.01. The molecule has 0 saturated heterocycles. The molecule has 0 bridgehead atoms. The predicted molar refractivity (Wildman–Crippen MR) is 72.5 cm³/mol. The lowest BCUT2D eigenvalue weighted by atomic mass is 9.95. The summed E-state index contributed by atoms with van der Waals surface area (Å²) in [6.07, 6.45) is 8.94. The number of aromatic nitrogens is 4. The zero-order valence-corrected chi connectivity index (χ0v) is 11.7. The minimum Gasteiger partial charge on any atom is -0.490 e. The number of tetrazole rings is 1. The monoisotopic (exact) mass is 268 g/mol. The zero-order chi connectivity index (χ0) is 12.8. The molecule has 0 amide bonds. The maximum Gasteiger partial charge on any atom is 0.159 e. The van der Waals surface area contributed by atoms with E-state index >= 15 is 0 Å². The molecule has 1 aliphatic rings. The third-order valence-electron chi connectivity index (χ3n) is 3.49. The lowest BCUT2D eigenvalue weighted by Crippen LogP contribution is -2.17. The van der Waals surface area contributed by atoms with Gasteiger partial charge in [0, 0.05) is 12.8 Å². The van der Waals surface area contributed by atoms with Gasteiger partial charge in [-0.05, 0) is 41.9 Å². The summed E-state index contributed by atoms with van der Waals surface area (Å²) in [6, 6.07) is 0.498. The van der Waals surface area contributed by atoms with Crippen LogP contribution in [0.3, 0.4) is 0 Å². The summed E-state index contributed by atoms with van der Waals surface area (Å²) in [5.74, 6) is 0.987. The number of thiocarbonyl (C=S) groups is 1. The number of ether oxygens (including phenoxy) is 1. The van der Waals surface area contributed by atoms with Crippen molar-refractivity contribution in [3.8, 4) is 0 Å². The highest BCUT2D eigenvalue weighted by molar-refractivity contribution is 7.80. The van der Waals surface area contributed by atoms with Crippen LogP contribution in [0.1, 0.15) is 56.8 Å². The van der Waals surface area contributed by atoms with Crippen LogP contribution in [0.4, 0.5) is 0 Å². The molecule has 100 valence electrons. The fourth-order valence-corrected chi connectivity index (χ4v) is 2.62. The van der Waals surface area contributed by atoms with Crippen LogP contribution in [-0.2, 0) is 11.2 Å². The van der Waals surface area contributed by atoms with Crippen molar-refractivity contribution in [1.82, 2.24) is 20.2 Å². The molecule has 0 N–H and O–H groups in total. The number of methoxy groups -OCH3 is 1. The highest BCUT2D eigenvalue weighted by atomic mass is 32.1. The van der Waals surface area contributed by atoms with Crippen LogP contribution in [0.15, 0.2) is 0 Å². The first-order valence-electron chi connectivity index (χ1n) is 6.65. The highest BCUT2D eigenvalue weighted by Gasteiger charge is 2.19. The van der Waals surface area contributed by atoms with Crippen LogP contribution >= 0.6 is 12.2 Å². The summed E-state index contributed by atoms with van der Waals surface area (Å²) in [4.78, 5) is 0. The zero-order valence-electron chi connectivity index (χ0n) is 10.8. The number of hydrogen-bond acceptors (Lipinski definition) is 5. The van der Waals surface area contributed by atoms with E-state index in [9.17, 15) is 0 Å². The van der Waals surface area contributed by atoms with Gasteiger partial charge in [0.15, 0.2) is 10.9 Å². The SMILES string of the molecule is COC(=S)CCCc1nnnn1C1CCCCC1. The average molecular weight is 268 g/mol. The van der Waals surface area contributed by atoms with Crippen molar-refractivity contribution in [2.24, 2.45) is 0 Å². The molecule has 1 aromatic rings. The summed E-state index contributed by atoms with van der Waals surface area (Å²) in [5.41, 5.74) is 0. The molecular formula is C12H20N4OS. The lowest BCUT2D eigenvalue weighted by molar-refractivity contribution is 0.316. The maximum absolute atomic E-state index is 5.03. The molecular weight excluding hydrogens is 248 g/mol. The Labute approximate surface area is 113 Å². The van der Waals surface area contributed by atoms with Gasteiger partial charge < -0.3 is 4.74 Å². The molecule has 1 aliphatic carbocycles. The normalized spacial score (nSPS) is 16.7. The van der Waals surface area contributed by atoms with E-state index in [0.29, 0.717) is 11.1 Å². The second-order valence-electron chi connectivity index (χ2n) is 4.76. The Morgan fingerprint density at radius 3 is 2.89 bits per heavy atom. The van der Waals surface area contributed by atoms with E-state index in [1.807, 2.05) is 4.68 Å². The predicted octanol–water partition coefficient (Wildman–Crippen LogP) is 2.47. The minimum absolute atomic E-state index is 0.498. The molecule has 0 aliphatic heterocycles. The van der Waals surface area contributed by atoms with Crippen molar-refractivity contribution in [2.75, 3.05) is 7.11 Å². The first-order chi connectivity index (χ1) is 8.81. The maximum atomic E-state index is 5.03. The van der Waals surface area contributed by atoms with Crippen LogP contribution in [0.2, 0.25) is 0 Å². The summed E-state index contributed by atoms with van der Waals surface area (Å²) >= 11 is 5.03. The van der Waals surface area contributed by atoms with Crippen LogP contribution in [0, 0.1) is 0 Å². The van der Waals surface area contributed by atoms with Crippen molar-refractivity contribution >= 4 is 17.3 Å². The molecule has 1 saturated carbocycles. The molecule has 0 spiro atoms. The van der Waals surface area contributed by atoms with Crippen molar-refractivity contribution in [3.05, 3.63) is 5.82 Å². The average Bonchev–Trinajstić information content (AvgIpc) is 2.88. The smallest absolute Gasteiger partial charge is 0.159 e. The van der Waals surface area contributed by atoms with E-state index < -0.39 is 0 Å². The molecule has 18 heavy (non-hydrogen) atoms. The van der Waals surface area contributed by atoms with E-state index in [0.717, 1.165) is 25.1 Å². The fourth-order valence-electron chi connectivity index (χ4n) is 2.48. The van der Waals surface area contributed by atoms with Gasteiger partial charge >= 0.3 is 0 Å². The van der Waals surface area contributed by atoms with Crippen LogP contribution in [0.25, 0.3) is 0 Å². The Morgan fingerprint density at radius 2 is 2.17 bits per heavy atom. The highest BCUT2D eigenvalue weighted by Crippen LogP contribution is 2.28. The van der Waals surface area contributed by atoms with Crippen molar-refractivity contribution < 1.29 is 4.74 Å². The van der Waals surface area contributed by atoms with E-state index in [1.54, 1.807) is 7.11 Å². The fraction of sp³-hybridized carbons (Fsp3) is 0.833. The van der Waals surface area contributed by atoms with Gasteiger partial charge in [-0.2, -0.15) is 0 Å². The number of aryl methyl sites for hydroxylation is 1. The summed E-state index contributed by atoms with van der Waals surface area (Å²) in [7, 11) is 1.62. The Balaban J connectivity index is 1.88. The van der Waals surface area contributed by atoms with Crippen LogP contribution in [0.5, 0.6) is 0 Å². The van der Waals surface area contributed by atoms with Crippen LogP contribution < -0.4 is 0 Å². The topological polar surface area (TPSA) is 52.8 Å². The molecule has 0 atom stereocenters. The summed E-state index contributed by atoms with van der Waals surface area (Å²) in [5, 5.41) is 12.8. The molecule has 1 heterocycles. The Kier molecular flexibility index (Phi) is 5.04. The van der Waals surface area contributed by atoms with Gasteiger partial charge in [-0.15, -0.1) is 5.10 Å². The van der Waals surface area contributed by atoms with Gasteiger partial charge in [-0.3, -0.25) is 0 Å². The van der Waals surface area contributed by atoms with Crippen molar-refractivity contribution in [1.29, 1.82) is 0 Å². The van der Waals surface area contributed by atoms with E-state index in [1.165, 1.54) is 32.1 Å². The standard InChI is InChI=1S/C12H20N4OS/c1-17-12(18)9-5-8-11-13-14-15-16(11)10-6-3-2-4-7-10/h10H,2-9H2,1H3. The molecule has 0 aromatic carbocycles. The molecule has 1 fully saturated rings. The van der Waals surface area contributed by atoms with E-state index in [2.05, 4.69) is 15.5 Å². The Bertz CT molecular complexity index is 387. The Morgan fingerprint density at radius 1 is 1.39 bits per heavy atom. The Hall–Kier alpha value is -1.04. The van der Waals surface area contributed by atoms with Gasteiger partial charge in [0.25, 0.3) is 0 Å². The second-order valence-corrected chi connectivity index (χ2v) is 5.22. The molecule has 2 rings (SSSR count). The molecule has 5 nitrogen and oxygen atoms in total. The third-order valence-corrected chi connectivity index (χ3v) is 3.86. The van der Waals surface area contributed by atoms with Crippen LogP contribution in [-0.4, -0.2) is 32.4 Å². The number of hydrogen-bond donors (Lipinski definition) is 0. The van der Waals surface area contributed by atoms with Crippen molar-refractivity contribution in [2.45, 2.75) is 57.4 Å². The van der Waals surface area contributed by atoms with Gasteiger partial charge in [0.2, 0.25) is 0 Å². The van der Waals surface area contributed by atoms with E-state index in [4.69, 9.17) is 17.0 Å². The minimum atomic E-state index is 0.498. The van der Waals surface area contributed by atoms with Gasteiger partial charge in [-0.1, -0.05) is 19.3 Å². The van der Waals surface area contributed by atoms with Crippen molar-refractivity contribution in [3.63, 3.8) is 0 Å². The first-order valence-corrected chi connectivity index (χ1v) is 7.05. The van der Waals surface area contributed by atoms with Gasteiger partial charge in [0.1, 0.15) is 0 Å². The second kappa shape index (κ2) is 6.78. The molecule has 1 aromatic heterocycles. The van der Waals surface area contributed by atoms with E-state index in [-0.39, 0.29) is 0 Å². The molecule has 0 unspecified atom stereocenters. The molecule has 6 heteroatoms. The quantitative estimate of drug-likeness (QED) is 0.768. The first kappa shape index (κ1) is 13.4. The lowest BCUT2D eigenvalue weighted by Gasteiger charge is -2.22. The third kappa shape index (κ3) is 3.48. The van der Waals surface area contributed by atoms with Gasteiger partial charge in [0.05, 0.1) is 13.2 Å². The summed E-state index contributed by atoms with van der Waals surface area (Å²) in [6.45, 7) is 0.